The predicted molar refractivity (Wildman–Crippen MR) is 51.9 cm³/mol. The average Bonchev–Trinajstić information content (AvgIpc) is 2.20. The van der Waals surface area contributed by atoms with E-state index in [0.717, 1.165) is 6.08 Å². The number of hydrogen-bond donors (Lipinski definition) is 3. The molecular formula is C10H14O5. The van der Waals surface area contributed by atoms with Crippen LogP contribution < -0.4 is 0 Å². The van der Waals surface area contributed by atoms with Gasteiger partial charge in [-0.3, -0.25) is 0 Å². The van der Waals surface area contributed by atoms with Crippen molar-refractivity contribution >= 4 is 5.97 Å². The second kappa shape index (κ2) is 5.06. The van der Waals surface area contributed by atoms with E-state index < -0.39 is 30.4 Å². The van der Waals surface area contributed by atoms with Gasteiger partial charge >= 0.3 is 5.97 Å². The van der Waals surface area contributed by atoms with Gasteiger partial charge in [-0.2, -0.15) is 0 Å². The van der Waals surface area contributed by atoms with Crippen LogP contribution in [0.25, 0.3) is 0 Å². The van der Waals surface area contributed by atoms with Crippen LogP contribution in [0.1, 0.15) is 6.92 Å². The van der Waals surface area contributed by atoms with Crippen LogP contribution in [-0.4, -0.2) is 45.7 Å². The number of ether oxygens (including phenoxy) is 1. The minimum atomic E-state index is -1.20. The number of cyclic esters (lactones) is 1. The Balaban J connectivity index is 2.84. The van der Waals surface area contributed by atoms with Gasteiger partial charge in [0.1, 0.15) is 18.3 Å². The molecule has 0 saturated carbocycles. The Morgan fingerprint density at radius 2 is 1.87 bits per heavy atom. The Labute approximate surface area is 87.3 Å². The minimum absolute atomic E-state index is 0.664. The molecule has 5 nitrogen and oxygen atoms in total. The van der Waals surface area contributed by atoms with Gasteiger partial charge in [-0.1, -0.05) is 12.2 Å². The van der Waals surface area contributed by atoms with Crippen LogP contribution in [0.2, 0.25) is 0 Å². The van der Waals surface area contributed by atoms with Crippen LogP contribution in [0.4, 0.5) is 0 Å². The molecule has 0 amide bonds. The number of carbonyl (C=O) groups is 1. The molecule has 4 atom stereocenters. The summed E-state index contributed by atoms with van der Waals surface area (Å²) in [6, 6.07) is 0. The smallest absolute Gasteiger partial charge is 0.330 e. The van der Waals surface area contributed by atoms with Gasteiger partial charge in [-0.25, -0.2) is 4.79 Å². The molecule has 0 spiro atoms. The zero-order valence-electron chi connectivity index (χ0n) is 8.28. The van der Waals surface area contributed by atoms with E-state index in [1.165, 1.54) is 25.2 Å². The Morgan fingerprint density at radius 3 is 2.53 bits per heavy atom. The summed E-state index contributed by atoms with van der Waals surface area (Å²) in [5.41, 5.74) is 0. The summed E-state index contributed by atoms with van der Waals surface area (Å²) in [4.78, 5) is 11.1. The lowest BCUT2D eigenvalue weighted by molar-refractivity contribution is -0.150. The normalized spacial score (nSPS) is 41.7. The molecule has 0 radical (unpaired) electrons. The summed E-state index contributed by atoms with van der Waals surface area (Å²) >= 11 is 0. The minimum Gasteiger partial charge on any atom is -0.457 e. The molecule has 0 saturated heterocycles. The van der Waals surface area contributed by atoms with Crippen molar-refractivity contribution in [1.29, 1.82) is 0 Å². The average molecular weight is 214 g/mol. The van der Waals surface area contributed by atoms with Crippen molar-refractivity contribution in [3.63, 3.8) is 0 Å². The fraction of sp³-hybridized carbons (Fsp3) is 0.500. The molecule has 3 N–H and O–H groups in total. The standard InChI is InChI=1S/C10H14O5/c1-6-10(14)8(12)4-2-7(11)3-5-9(13)15-6/h2-8,10-12,14H,1H3/b4-2-,5-3-/t6-,7-,8+,10+/m1/s1. The van der Waals surface area contributed by atoms with Crippen LogP contribution in [0.3, 0.4) is 0 Å². The van der Waals surface area contributed by atoms with Crippen LogP contribution in [0.15, 0.2) is 24.3 Å². The largest absolute Gasteiger partial charge is 0.457 e. The Kier molecular flexibility index (Phi) is 4.02. The molecule has 5 heteroatoms. The summed E-state index contributed by atoms with van der Waals surface area (Å²) in [5.74, 6) is -0.664. The maximum Gasteiger partial charge on any atom is 0.330 e. The van der Waals surface area contributed by atoms with E-state index in [4.69, 9.17) is 4.74 Å². The monoisotopic (exact) mass is 214 g/mol. The van der Waals surface area contributed by atoms with Crippen molar-refractivity contribution in [2.45, 2.75) is 31.3 Å². The Bertz CT molecular complexity index is 284. The molecular weight excluding hydrogens is 200 g/mol. The van der Waals surface area contributed by atoms with Crippen molar-refractivity contribution in [3.8, 4) is 0 Å². The van der Waals surface area contributed by atoms with E-state index in [1.54, 1.807) is 0 Å². The summed E-state index contributed by atoms with van der Waals surface area (Å²) < 4.78 is 4.78. The van der Waals surface area contributed by atoms with E-state index in [1.807, 2.05) is 0 Å². The molecule has 1 aliphatic rings. The van der Waals surface area contributed by atoms with Crippen LogP contribution >= 0.6 is 0 Å². The van der Waals surface area contributed by atoms with E-state index in [2.05, 4.69) is 0 Å². The molecule has 0 fully saturated rings. The predicted octanol–water partition coefficient (Wildman–Crippen LogP) is -0.873. The molecule has 84 valence electrons. The second-order valence-electron chi connectivity index (χ2n) is 3.36. The highest BCUT2D eigenvalue weighted by atomic mass is 16.6. The molecule has 0 unspecified atom stereocenters. The van der Waals surface area contributed by atoms with Crippen LogP contribution in [0, 0.1) is 0 Å². The number of rotatable bonds is 0. The van der Waals surface area contributed by atoms with Gasteiger partial charge < -0.3 is 20.1 Å². The third-order valence-corrected chi connectivity index (χ3v) is 2.07. The quantitative estimate of drug-likeness (QED) is 0.360. The lowest BCUT2D eigenvalue weighted by Crippen LogP contribution is -2.37. The molecule has 1 rings (SSSR count). The van der Waals surface area contributed by atoms with Gasteiger partial charge in [0, 0.05) is 6.08 Å². The summed E-state index contributed by atoms with van der Waals surface area (Å²) in [6.45, 7) is 1.48. The second-order valence-corrected chi connectivity index (χ2v) is 3.36. The van der Waals surface area contributed by atoms with Gasteiger partial charge in [0.25, 0.3) is 0 Å². The van der Waals surface area contributed by atoms with Gasteiger partial charge in [-0.05, 0) is 13.0 Å². The molecule has 1 aliphatic heterocycles. The first-order valence-corrected chi connectivity index (χ1v) is 4.62. The highest BCUT2D eigenvalue weighted by Gasteiger charge is 2.24. The van der Waals surface area contributed by atoms with Crippen molar-refractivity contribution in [2.75, 3.05) is 0 Å². The third-order valence-electron chi connectivity index (χ3n) is 2.07. The fourth-order valence-electron chi connectivity index (χ4n) is 1.15. The van der Waals surface area contributed by atoms with E-state index >= 15 is 0 Å². The van der Waals surface area contributed by atoms with Crippen molar-refractivity contribution < 1.29 is 24.9 Å². The number of esters is 1. The number of aliphatic hydroxyl groups is 3. The topological polar surface area (TPSA) is 87.0 Å². The molecule has 0 aromatic rings. The molecule has 0 aromatic heterocycles. The summed E-state index contributed by atoms with van der Waals surface area (Å²) in [6.07, 6.45) is 0.694. The third kappa shape index (κ3) is 3.47. The first kappa shape index (κ1) is 11.9. The van der Waals surface area contributed by atoms with Crippen molar-refractivity contribution in [3.05, 3.63) is 24.3 Å². The highest BCUT2D eigenvalue weighted by molar-refractivity contribution is 5.82. The van der Waals surface area contributed by atoms with Crippen molar-refractivity contribution in [2.24, 2.45) is 0 Å². The van der Waals surface area contributed by atoms with Gasteiger partial charge in [-0.15, -0.1) is 0 Å². The number of aliphatic hydroxyl groups excluding tert-OH is 3. The van der Waals surface area contributed by atoms with Crippen molar-refractivity contribution in [1.82, 2.24) is 0 Å². The number of carbonyl (C=O) groups excluding carboxylic acids is 1. The zero-order chi connectivity index (χ0) is 11.4. The van der Waals surface area contributed by atoms with Gasteiger partial charge in [0.05, 0.1) is 6.10 Å². The van der Waals surface area contributed by atoms with Gasteiger partial charge in [0.15, 0.2) is 0 Å². The van der Waals surface area contributed by atoms with E-state index in [-0.39, 0.29) is 0 Å². The maximum absolute atomic E-state index is 11.1. The Morgan fingerprint density at radius 1 is 1.20 bits per heavy atom. The highest BCUT2D eigenvalue weighted by Crippen LogP contribution is 2.08. The zero-order valence-corrected chi connectivity index (χ0v) is 8.28. The summed E-state index contributed by atoms with van der Waals surface area (Å²) in [7, 11) is 0. The molecule has 1 heterocycles. The van der Waals surface area contributed by atoms with E-state index in [0.29, 0.717) is 0 Å². The molecule has 15 heavy (non-hydrogen) atoms. The lowest BCUT2D eigenvalue weighted by Gasteiger charge is -2.22. The summed E-state index contributed by atoms with van der Waals surface area (Å²) in [5, 5.41) is 28.1. The number of hydrogen-bond acceptors (Lipinski definition) is 5. The fourth-order valence-corrected chi connectivity index (χ4v) is 1.15. The van der Waals surface area contributed by atoms with Crippen LogP contribution in [0.5, 0.6) is 0 Å². The van der Waals surface area contributed by atoms with Crippen LogP contribution in [-0.2, 0) is 9.53 Å². The van der Waals surface area contributed by atoms with E-state index in [9.17, 15) is 20.1 Å². The SMILES string of the molecule is C[C@H]1OC(=O)/C=C\[C@H](O)/C=C\[C@H](O)[C@H]1O. The lowest BCUT2D eigenvalue weighted by atomic mass is 10.1. The van der Waals surface area contributed by atoms with Gasteiger partial charge in [0.2, 0.25) is 0 Å². The maximum atomic E-state index is 11.1. The first-order valence-electron chi connectivity index (χ1n) is 4.62. The molecule has 0 aliphatic carbocycles. The first-order chi connectivity index (χ1) is 7.00. The molecule has 0 aromatic carbocycles. The Hall–Kier alpha value is -1.17. The molecule has 0 bridgehead atoms.